The highest BCUT2D eigenvalue weighted by molar-refractivity contribution is 14.1. The van der Waals surface area contributed by atoms with Crippen LogP contribution in [0.1, 0.15) is 0 Å². The number of rotatable bonds is 1. The van der Waals surface area contributed by atoms with E-state index in [2.05, 4.69) is 31.9 Å². The predicted octanol–water partition coefficient (Wildman–Crippen LogP) is 1.40. The molecule has 4 nitrogen and oxygen atoms in total. The van der Waals surface area contributed by atoms with E-state index in [9.17, 15) is 0 Å². The van der Waals surface area contributed by atoms with Crippen molar-refractivity contribution in [2.75, 3.05) is 7.11 Å². The summed E-state index contributed by atoms with van der Waals surface area (Å²) in [7, 11) is 1.60. The summed E-state index contributed by atoms with van der Waals surface area (Å²) in [5.41, 5.74) is 0. The summed E-state index contributed by atoms with van der Waals surface area (Å²) in [6.07, 6.45) is 1.79. The van der Waals surface area contributed by atoms with Crippen LogP contribution in [-0.4, -0.2) is 20.9 Å². The molecular formula is C5H4IN3OS. The van der Waals surface area contributed by atoms with Crippen molar-refractivity contribution in [3.8, 4) is 6.01 Å². The van der Waals surface area contributed by atoms with Crippen molar-refractivity contribution in [2.24, 2.45) is 0 Å². The molecule has 0 saturated heterocycles. The van der Waals surface area contributed by atoms with Gasteiger partial charge in [-0.1, -0.05) is 0 Å². The van der Waals surface area contributed by atoms with Crippen molar-refractivity contribution < 1.29 is 4.74 Å². The minimum atomic E-state index is 0.604. The lowest BCUT2D eigenvalue weighted by Crippen LogP contribution is -1.91. The molecule has 0 saturated carbocycles. The standard InChI is InChI=1S/C5H4IN3OS/c1-10-4-8-11-5-7-2-3(6)9(4)5/h2H,1H3. The summed E-state index contributed by atoms with van der Waals surface area (Å²) < 4.78 is 12.0. The highest BCUT2D eigenvalue weighted by Gasteiger charge is 2.08. The van der Waals surface area contributed by atoms with Crippen molar-refractivity contribution in [1.29, 1.82) is 0 Å². The summed E-state index contributed by atoms with van der Waals surface area (Å²) in [6.45, 7) is 0. The van der Waals surface area contributed by atoms with Crippen molar-refractivity contribution in [1.82, 2.24) is 13.8 Å². The van der Waals surface area contributed by atoms with E-state index in [0.717, 1.165) is 8.66 Å². The van der Waals surface area contributed by atoms with E-state index < -0.39 is 0 Å². The third kappa shape index (κ3) is 1.00. The van der Waals surface area contributed by atoms with Gasteiger partial charge >= 0.3 is 6.01 Å². The Balaban J connectivity index is 2.80. The number of ether oxygens (including phenoxy) is 1. The number of aromatic nitrogens is 3. The van der Waals surface area contributed by atoms with E-state index in [0.29, 0.717) is 6.01 Å². The minimum Gasteiger partial charge on any atom is -0.467 e. The van der Waals surface area contributed by atoms with Gasteiger partial charge in [-0.3, -0.25) is 0 Å². The number of hydrogen-bond donors (Lipinski definition) is 0. The van der Waals surface area contributed by atoms with Gasteiger partial charge in [0, 0.05) is 11.5 Å². The van der Waals surface area contributed by atoms with Crippen LogP contribution in [0.4, 0.5) is 0 Å². The van der Waals surface area contributed by atoms with Crippen LogP contribution in [-0.2, 0) is 0 Å². The lowest BCUT2D eigenvalue weighted by molar-refractivity contribution is 0.379. The molecule has 0 spiro atoms. The van der Waals surface area contributed by atoms with Crippen LogP contribution in [0, 0.1) is 3.70 Å². The Hall–Kier alpha value is -0.370. The van der Waals surface area contributed by atoms with Crippen LogP contribution in [0.2, 0.25) is 0 Å². The Labute approximate surface area is 80.5 Å². The molecule has 0 radical (unpaired) electrons. The third-order valence-corrected chi connectivity index (χ3v) is 2.73. The number of methoxy groups -OCH3 is 1. The van der Waals surface area contributed by atoms with E-state index in [4.69, 9.17) is 4.74 Å². The van der Waals surface area contributed by atoms with Gasteiger partial charge in [-0.25, -0.2) is 9.38 Å². The second-order valence-electron chi connectivity index (χ2n) is 1.87. The molecular weight excluding hydrogens is 277 g/mol. The molecule has 0 unspecified atom stereocenters. The number of halogens is 1. The molecule has 2 aromatic rings. The first-order valence-corrected chi connectivity index (χ1v) is 4.71. The molecule has 2 aromatic heterocycles. The largest absolute Gasteiger partial charge is 0.467 e. The lowest BCUT2D eigenvalue weighted by atomic mass is 10.9. The molecule has 0 aliphatic heterocycles. The van der Waals surface area contributed by atoms with Crippen molar-refractivity contribution >= 4 is 39.1 Å². The average Bonchev–Trinajstić information content (AvgIpc) is 2.54. The van der Waals surface area contributed by atoms with Gasteiger partial charge in [-0.2, -0.15) is 0 Å². The smallest absolute Gasteiger partial charge is 0.314 e. The number of fused-ring (bicyclic) bond motifs is 1. The fourth-order valence-electron chi connectivity index (χ4n) is 0.802. The van der Waals surface area contributed by atoms with Gasteiger partial charge in [-0.15, -0.1) is 4.37 Å². The van der Waals surface area contributed by atoms with Crippen LogP contribution < -0.4 is 4.74 Å². The lowest BCUT2D eigenvalue weighted by Gasteiger charge is -1.92. The first-order chi connectivity index (χ1) is 5.33. The normalized spacial score (nSPS) is 10.7. The Kier molecular flexibility index (Phi) is 1.72. The van der Waals surface area contributed by atoms with Gasteiger partial charge in [0.2, 0.25) is 4.96 Å². The van der Waals surface area contributed by atoms with E-state index in [-0.39, 0.29) is 0 Å². The van der Waals surface area contributed by atoms with E-state index in [1.165, 1.54) is 11.5 Å². The summed E-state index contributed by atoms with van der Waals surface area (Å²) >= 11 is 3.52. The first-order valence-electron chi connectivity index (χ1n) is 2.85. The van der Waals surface area contributed by atoms with Gasteiger partial charge < -0.3 is 4.74 Å². The molecule has 0 fully saturated rings. The maximum absolute atomic E-state index is 5.02. The van der Waals surface area contributed by atoms with Crippen LogP contribution in [0.25, 0.3) is 4.96 Å². The Bertz CT molecular complexity index is 382. The average molecular weight is 281 g/mol. The van der Waals surface area contributed by atoms with Crippen LogP contribution in [0.15, 0.2) is 6.20 Å². The molecule has 11 heavy (non-hydrogen) atoms. The zero-order valence-electron chi connectivity index (χ0n) is 5.61. The number of hydrogen-bond acceptors (Lipinski definition) is 4. The zero-order valence-corrected chi connectivity index (χ0v) is 8.59. The fourth-order valence-corrected chi connectivity index (χ4v) is 2.21. The fraction of sp³-hybridized carbons (Fsp3) is 0.200. The SMILES string of the molecule is COc1nsc2ncc(I)n12. The topological polar surface area (TPSA) is 39.4 Å². The predicted molar refractivity (Wildman–Crippen MR) is 50.1 cm³/mol. The molecule has 6 heteroatoms. The maximum Gasteiger partial charge on any atom is 0.314 e. The van der Waals surface area contributed by atoms with Crippen molar-refractivity contribution in [3.63, 3.8) is 0 Å². The minimum absolute atomic E-state index is 0.604. The number of imidazole rings is 1. The molecule has 0 bridgehead atoms. The summed E-state index contributed by atoms with van der Waals surface area (Å²) in [5.74, 6) is 0. The van der Waals surface area contributed by atoms with Crippen molar-refractivity contribution in [3.05, 3.63) is 9.90 Å². The molecule has 0 atom stereocenters. The van der Waals surface area contributed by atoms with E-state index in [1.54, 1.807) is 13.3 Å². The van der Waals surface area contributed by atoms with Crippen LogP contribution in [0.5, 0.6) is 6.01 Å². The molecule has 2 heterocycles. The van der Waals surface area contributed by atoms with Gasteiger partial charge in [0.05, 0.1) is 13.3 Å². The van der Waals surface area contributed by atoms with Gasteiger partial charge in [0.15, 0.2) is 0 Å². The van der Waals surface area contributed by atoms with Gasteiger partial charge in [0.1, 0.15) is 3.70 Å². The molecule has 0 aliphatic rings. The Morgan fingerprint density at radius 1 is 1.73 bits per heavy atom. The highest BCUT2D eigenvalue weighted by atomic mass is 127. The summed E-state index contributed by atoms with van der Waals surface area (Å²) in [6, 6.07) is 0.604. The molecule has 0 aromatic carbocycles. The summed E-state index contributed by atoms with van der Waals surface area (Å²) in [4.78, 5) is 4.99. The van der Waals surface area contributed by atoms with Crippen LogP contribution >= 0.6 is 34.1 Å². The zero-order chi connectivity index (χ0) is 7.84. The van der Waals surface area contributed by atoms with Crippen LogP contribution in [0.3, 0.4) is 0 Å². The quantitative estimate of drug-likeness (QED) is 0.742. The number of nitrogens with zero attached hydrogens (tertiary/aromatic N) is 3. The monoisotopic (exact) mass is 281 g/mol. The second-order valence-corrected chi connectivity index (χ2v) is 3.70. The second kappa shape index (κ2) is 2.59. The highest BCUT2D eigenvalue weighted by Crippen LogP contribution is 2.20. The molecule has 0 aliphatic carbocycles. The molecule has 0 amide bonds. The molecule has 0 N–H and O–H groups in total. The van der Waals surface area contributed by atoms with E-state index >= 15 is 0 Å². The van der Waals surface area contributed by atoms with Gasteiger partial charge in [-0.05, 0) is 22.6 Å². The Morgan fingerprint density at radius 3 is 3.27 bits per heavy atom. The van der Waals surface area contributed by atoms with E-state index in [1.807, 2.05) is 4.40 Å². The Morgan fingerprint density at radius 2 is 2.55 bits per heavy atom. The van der Waals surface area contributed by atoms with Gasteiger partial charge in [0.25, 0.3) is 0 Å². The van der Waals surface area contributed by atoms with Crippen molar-refractivity contribution in [2.45, 2.75) is 0 Å². The third-order valence-electron chi connectivity index (χ3n) is 1.27. The summed E-state index contributed by atoms with van der Waals surface area (Å²) in [5, 5.41) is 0. The first kappa shape index (κ1) is 7.29. The molecule has 2 rings (SSSR count). The maximum atomic E-state index is 5.02. The molecule has 58 valence electrons.